The lowest BCUT2D eigenvalue weighted by molar-refractivity contribution is -0.135. The molecule has 1 saturated heterocycles. The third-order valence-electron chi connectivity index (χ3n) is 5.47. The van der Waals surface area contributed by atoms with Crippen molar-refractivity contribution in [3.8, 4) is 5.75 Å². The fraction of sp³-hybridized carbons (Fsp3) is 0.250. The fourth-order valence-electron chi connectivity index (χ4n) is 3.69. The van der Waals surface area contributed by atoms with Crippen molar-refractivity contribution in [2.45, 2.75) is 6.54 Å². The predicted octanol–water partition coefficient (Wildman–Crippen LogP) is 3.91. The first-order chi connectivity index (χ1) is 15.0. The molecule has 0 aliphatic carbocycles. The van der Waals surface area contributed by atoms with Crippen LogP contribution >= 0.6 is 11.6 Å². The first-order valence-corrected chi connectivity index (χ1v) is 10.5. The number of hydrogen-bond acceptors (Lipinski definition) is 4. The number of fused-ring (bicyclic) bond motifs is 1. The number of hydrogen-bond donors (Lipinski definition) is 1. The molecule has 0 unspecified atom stereocenters. The molecule has 4 rings (SSSR count). The van der Waals surface area contributed by atoms with Gasteiger partial charge in [0.05, 0.1) is 5.56 Å². The SMILES string of the molecule is O=C(O)c1ccc2cc(OCC(=O)N3CCN(Cc4ccc(Cl)cc4)CC3)ccc2c1. The van der Waals surface area contributed by atoms with Gasteiger partial charge in [0.25, 0.3) is 5.91 Å². The number of carbonyl (C=O) groups is 2. The van der Waals surface area contributed by atoms with E-state index >= 15 is 0 Å². The normalized spacial score (nSPS) is 14.5. The van der Waals surface area contributed by atoms with Crippen molar-refractivity contribution in [1.82, 2.24) is 9.80 Å². The second-order valence-electron chi connectivity index (χ2n) is 7.60. The van der Waals surface area contributed by atoms with Gasteiger partial charge >= 0.3 is 5.97 Å². The van der Waals surface area contributed by atoms with Crippen molar-refractivity contribution in [3.63, 3.8) is 0 Å². The summed E-state index contributed by atoms with van der Waals surface area (Å²) in [5.74, 6) is -0.404. The maximum atomic E-state index is 12.6. The van der Waals surface area contributed by atoms with Gasteiger partial charge in [0, 0.05) is 37.7 Å². The monoisotopic (exact) mass is 438 g/mol. The summed E-state index contributed by atoms with van der Waals surface area (Å²) < 4.78 is 5.71. The third kappa shape index (κ3) is 5.34. The summed E-state index contributed by atoms with van der Waals surface area (Å²) in [6.07, 6.45) is 0. The Morgan fingerprint density at radius 2 is 1.58 bits per heavy atom. The number of carboxylic acid groups (broad SMARTS) is 1. The lowest BCUT2D eigenvalue weighted by Gasteiger charge is -2.34. The Kier molecular flexibility index (Phi) is 6.39. The largest absolute Gasteiger partial charge is 0.484 e. The van der Waals surface area contributed by atoms with Gasteiger partial charge in [-0.1, -0.05) is 35.9 Å². The predicted molar refractivity (Wildman–Crippen MR) is 120 cm³/mol. The van der Waals surface area contributed by atoms with Crippen molar-refractivity contribution in [2.75, 3.05) is 32.8 Å². The Morgan fingerprint density at radius 3 is 2.29 bits per heavy atom. The standard InChI is InChI=1S/C24H23ClN2O4/c25-21-6-1-17(2-7-21)15-26-9-11-27(12-10-26)23(28)16-31-22-8-5-18-13-20(24(29)30)4-3-19(18)14-22/h1-8,13-14H,9-12,15-16H2,(H,29,30). The maximum absolute atomic E-state index is 12.6. The van der Waals surface area contributed by atoms with Gasteiger partial charge in [-0.05, 0) is 52.7 Å². The van der Waals surface area contributed by atoms with E-state index in [-0.39, 0.29) is 18.1 Å². The molecule has 0 bridgehead atoms. The molecule has 1 fully saturated rings. The number of aromatic carboxylic acids is 1. The van der Waals surface area contributed by atoms with Gasteiger partial charge in [-0.2, -0.15) is 0 Å². The van der Waals surface area contributed by atoms with Crippen LogP contribution in [0.15, 0.2) is 60.7 Å². The van der Waals surface area contributed by atoms with Crippen LogP contribution in [0.3, 0.4) is 0 Å². The molecule has 0 radical (unpaired) electrons. The molecule has 0 atom stereocenters. The zero-order valence-electron chi connectivity index (χ0n) is 17.0. The van der Waals surface area contributed by atoms with Gasteiger partial charge in [0.15, 0.2) is 6.61 Å². The molecule has 0 saturated carbocycles. The summed E-state index contributed by atoms with van der Waals surface area (Å²) in [5.41, 5.74) is 1.45. The number of ether oxygens (including phenoxy) is 1. The molecule has 0 aromatic heterocycles. The number of benzene rings is 3. The highest BCUT2D eigenvalue weighted by molar-refractivity contribution is 6.30. The summed E-state index contributed by atoms with van der Waals surface area (Å²) in [5, 5.41) is 11.5. The van der Waals surface area contributed by atoms with E-state index in [4.69, 9.17) is 21.4 Å². The van der Waals surface area contributed by atoms with Crippen LogP contribution in [0.25, 0.3) is 10.8 Å². The van der Waals surface area contributed by atoms with E-state index in [1.54, 1.807) is 30.3 Å². The fourth-order valence-corrected chi connectivity index (χ4v) is 3.81. The molecular weight excluding hydrogens is 416 g/mol. The lowest BCUT2D eigenvalue weighted by Crippen LogP contribution is -2.49. The van der Waals surface area contributed by atoms with E-state index in [9.17, 15) is 9.59 Å². The van der Waals surface area contributed by atoms with E-state index in [0.29, 0.717) is 18.8 Å². The molecule has 7 heteroatoms. The second kappa shape index (κ2) is 9.37. The zero-order chi connectivity index (χ0) is 21.8. The van der Waals surface area contributed by atoms with Gasteiger partial charge in [-0.15, -0.1) is 0 Å². The number of halogens is 1. The van der Waals surface area contributed by atoms with Crippen molar-refractivity contribution in [1.29, 1.82) is 0 Å². The van der Waals surface area contributed by atoms with Crippen molar-refractivity contribution in [2.24, 2.45) is 0 Å². The molecular formula is C24H23ClN2O4. The average Bonchev–Trinajstić information content (AvgIpc) is 2.79. The van der Waals surface area contributed by atoms with Gasteiger partial charge in [0.1, 0.15) is 5.75 Å². The van der Waals surface area contributed by atoms with Crippen molar-refractivity contribution >= 4 is 34.2 Å². The first kappa shape index (κ1) is 21.2. The molecule has 3 aromatic rings. The van der Waals surface area contributed by atoms with Crippen LogP contribution in [0.5, 0.6) is 5.75 Å². The van der Waals surface area contributed by atoms with Crippen LogP contribution in [-0.2, 0) is 11.3 Å². The Bertz CT molecular complexity index is 1090. The molecule has 1 amide bonds. The minimum Gasteiger partial charge on any atom is -0.484 e. The van der Waals surface area contributed by atoms with Gasteiger partial charge in [-0.3, -0.25) is 9.69 Å². The molecule has 1 N–H and O–H groups in total. The summed E-state index contributed by atoms with van der Waals surface area (Å²) in [4.78, 5) is 27.8. The van der Waals surface area contributed by atoms with Gasteiger partial charge in [-0.25, -0.2) is 4.79 Å². The van der Waals surface area contributed by atoms with E-state index in [1.807, 2.05) is 35.2 Å². The minimum absolute atomic E-state index is 0.0180. The summed E-state index contributed by atoms with van der Waals surface area (Å²) in [6, 6.07) is 18.1. The summed E-state index contributed by atoms with van der Waals surface area (Å²) in [6.45, 7) is 3.80. The van der Waals surface area contributed by atoms with E-state index in [1.165, 1.54) is 5.56 Å². The Morgan fingerprint density at radius 1 is 0.903 bits per heavy atom. The highest BCUT2D eigenvalue weighted by atomic mass is 35.5. The number of nitrogens with zero attached hydrogens (tertiary/aromatic N) is 2. The zero-order valence-corrected chi connectivity index (χ0v) is 17.7. The summed E-state index contributed by atoms with van der Waals surface area (Å²) >= 11 is 5.94. The highest BCUT2D eigenvalue weighted by Gasteiger charge is 2.21. The molecule has 1 aliphatic rings. The highest BCUT2D eigenvalue weighted by Crippen LogP contribution is 2.22. The molecule has 1 heterocycles. The third-order valence-corrected chi connectivity index (χ3v) is 5.72. The number of amides is 1. The molecule has 6 nitrogen and oxygen atoms in total. The summed E-state index contributed by atoms with van der Waals surface area (Å²) in [7, 11) is 0. The van der Waals surface area contributed by atoms with E-state index in [2.05, 4.69) is 4.90 Å². The Hall–Kier alpha value is -3.09. The number of carbonyl (C=O) groups excluding carboxylic acids is 1. The number of carboxylic acids is 1. The van der Waals surface area contributed by atoms with E-state index < -0.39 is 5.97 Å². The lowest BCUT2D eigenvalue weighted by atomic mass is 10.1. The van der Waals surface area contributed by atoms with Crippen molar-refractivity contribution in [3.05, 3.63) is 76.8 Å². The molecule has 1 aliphatic heterocycles. The van der Waals surface area contributed by atoms with Crippen LogP contribution in [0.2, 0.25) is 5.02 Å². The van der Waals surface area contributed by atoms with Crippen LogP contribution in [0.1, 0.15) is 15.9 Å². The molecule has 160 valence electrons. The van der Waals surface area contributed by atoms with Gasteiger partial charge < -0.3 is 14.7 Å². The first-order valence-electron chi connectivity index (χ1n) is 10.1. The maximum Gasteiger partial charge on any atom is 0.335 e. The molecule has 31 heavy (non-hydrogen) atoms. The average molecular weight is 439 g/mol. The smallest absolute Gasteiger partial charge is 0.335 e. The minimum atomic E-state index is -0.957. The van der Waals surface area contributed by atoms with E-state index in [0.717, 1.165) is 35.4 Å². The Balaban J connectivity index is 1.27. The van der Waals surface area contributed by atoms with Gasteiger partial charge in [0.2, 0.25) is 0 Å². The van der Waals surface area contributed by atoms with Crippen LogP contribution < -0.4 is 4.74 Å². The number of piperazine rings is 1. The topological polar surface area (TPSA) is 70.1 Å². The van der Waals surface area contributed by atoms with Crippen molar-refractivity contribution < 1.29 is 19.4 Å². The molecule has 0 spiro atoms. The Labute approximate surface area is 185 Å². The number of rotatable bonds is 6. The van der Waals surface area contributed by atoms with Crippen LogP contribution in [-0.4, -0.2) is 59.6 Å². The second-order valence-corrected chi connectivity index (χ2v) is 8.04. The molecule has 3 aromatic carbocycles. The van der Waals surface area contributed by atoms with Crippen LogP contribution in [0, 0.1) is 0 Å². The quantitative estimate of drug-likeness (QED) is 0.631. The van der Waals surface area contributed by atoms with Crippen LogP contribution in [0.4, 0.5) is 0 Å².